The minimum atomic E-state index is -0.697. The molecule has 105 heavy (non-hydrogen) atoms. The highest BCUT2D eigenvalue weighted by molar-refractivity contribution is 7.75. The van der Waals surface area contributed by atoms with E-state index in [0.717, 1.165) is 83.8 Å². The lowest BCUT2D eigenvalue weighted by Gasteiger charge is -2.41. The average molecular weight is 1520 g/mol. The van der Waals surface area contributed by atoms with Crippen molar-refractivity contribution in [3.63, 3.8) is 0 Å². The average Bonchev–Trinajstić information content (AvgIpc) is 0.875. The fraction of sp³-hybridized carbons (Fsp3) is 1.00. The maximum atomic E-state index is 8.79. The lowest BCUT2D eigenvalue weighted by atomic mass is 10.1. The van der Waals surface area contributed by atoms with E-state index in [0.29, 0.717) is 6.61 Å². The zero-order valence-corrected chi connectivity index (χ0v) is 78.6. The van der Waals surface area contributed by atoms with Gasteiger partial charge in [0.15, 0.2) is 0 Å². The lowest BCUT2D eigenvalue weighted by molar-refractivity contribution is -0.931. The quantitative estimate of drug-likeness (QED) is 0.0375. The molecule has 1 aliphatic heterocycles. The Kier molecular flexibility index (Phi) is 93.6. The summed E-state index contributed by atoms with van der Waals surface area (Å²) >= 11 is 0. The fourth-order valence-electron chi connectivity index (χ4n) is 14.5. The Morgan fingerprint density at radius 2 is 0.524 bits per heavy atom. The first-order valence-corrected chi connectivity index (χ1v) is 50.4. The number of nitrogens with zero attached hydrogens (tertiary/aromatic N) is 5. The smallest absolute Gasteiger partial charge is 0.102 e. The fourth-order valence-corrected chi connectivity index (χ4v) is 19.4. The van der Waals surface area contributed by atoms with Crippen LogP contribution in [0.25, 0.3) is 0 Å². The van der Waals surface area contributed by atoms with Crippen LogP contribution in [0.5, 0.6) is 0 Å². The van der Waals surface area contributed by atoms with Crippen LogP contribution in [0.15, 0.2) is 0 Å². The number of ether oxygens (including phenoxy) is 3. The van der Waals surface area contributed by atoms with E-state index in [9.17, 15) is 0 Å². The van der Waals surface area contributed by atoms with Gasteiger partial charge in [-0.05, 0) is 156 Å². The molecule has 0 aliphatic carbocycles. The SMILES string of the molecule is CCCCCCCCCCCCCC[P+](CCCCCC)(CCCCCC)CCCCCC.CCCCCCCC[N+](C)(C)CCOCCCC.CCCCCCOCC[N+](C)(C)CCCCCC.CCCCCC[N+](C)(C)CCO.CCCCCC[N+]1(CC)CCCCC1.CCOCC[N+](C)(C)CC. The Morgan fingerprint density at radius 3 is 0.848 bits per heavy atom. The van der Waals surface area contributed by atoms with Gasteiger partial charge in [-0.2, -0.15) is 0 Å². The summed E-state index contributed by atoms with van der Waals surface area (Å²) in [6, 6.07) is 0. The number of quaternary nitrogens is 5. The Labute approximate surface area is 668 Å². The second kappa shape index (κ2) is 86.5. The number of piperidine rings is 1. The molecule has 0 saturated carbocycles. The number of hydrogen-bond donors (Lipinski definition) is 1. The van der Waals surface area contributed by atoms with Crippen LogP contribution in [0.1, 0.15) is 417 Å². The number of aliphatic hydroxyl groups is 1. The third-order valence-electron chi connectivity index (χ3n) is 23.3. The number of likely N-dealkylation sites (tertiary alicyclic amines) is 1. The van der Waals surface area contributed by atoms with Gasteiger partial charge in [0.2, 0.25) is 0 Å². The Hall–Kier alpha value is 0.0700. The Balaban J connectivity index is -0.000000401. The van der Waals surface area contributed by atoms with Gasteiger partial charge >= 0.3 is 0 Å². The van der Waals surface area contributed by atoms with Crippen LogP contribution < -0.4 is 0 Å². The van der Waals surface area contributed by atoms with Gasteiger partial charge in [0, 0.05) is 27.1 Å². The molecule has 1 N–H and O–H groups in total. The standard InChI is InChI=1S/C32H68P.2C16H36NO.C13H28N.C10H24NO.C8H20NO/c1-5-9-13-17-18-19-20-21-22-23-24-28-32-33(29-25-14-10-6-2,30-26-15-11-7-3)31-27-16-12-8-4;1-5-7-9-10-11-12-13-17(3,4)14-16-18-15-8-6-2;1-5-7-9-11-13-17(3,4)14-16-18-15-12-10-8-6-2;1-3-5-6-8-11-14(4-2)12-9-7-10-13-14;1-4-5-6-7-8-11(2,3)9-10-12;1-5-9(3,4)7-8-10-6-2/h5-32H2,1-4H3;2*5-16H2,1-4H3;3-13H2,1-2H3;12H,4-10H2,1-3H3;5-8H2,1-4H3/q6*+1. The molecule has 0 atom stereocenters. The summed E-state index contributed by atoms with van der Waals surface area (Å²) in [4.78, 5) is 0. The third kappa shape index (κ3) is 89.5. The summed E-state index contributed by atoms with van der Waals surface area (Å²) in [6.45, 7) is 50.3. The molecule has 0 radical (unpaired) electrons. The molecule has 0 bridgehead atoms. The molecule has 640 valence electrons. The third-order valence-corrected chi connectivity index (χ3v) is 28.3. The number of hydrogen-bond acceptors (Lipinski definition) is 4. The minimum absolute atomic E-state index is 0.306. The van der Waals surface area contributed by atoms with Crippen molar-refractivity contribution >= 4 is 7.26 Å². The van der Waals surface area contributed by atoms with E-state index in [4.69, 9.17) is 19.3 Å². The highest BCUT2D eigenvalue weighted by Gasteiger charge is 2.35. The summed E-state index contributed by atoms with van der Waals surface area (Å²) < 4.78 is 22.3. The van der Waals surface area contributed by atoms with Crippen molar-refractivity contribution in [2.24, 2.45) is 0 Å². The highest BCUT2D eigenvalue weighted by Crippen LogP contribution is 2.61. The molecule has 1 fully saturated rings. The predicted octanol–water partition coefficient (Wildman–Crippen LogP) is 27.3. The van der Waals surface area contributed by atoms with Crippen LogP contribution in [-0.4, -0.2) is 233 Å². The van der Waals surface area contributed by atoms with Crippen molar-refractivity contribution in [2.45, 2.75) is 417 Å². The largest absolute Gasteiger partial charge is 0.391 e. The Bertz CT molecular complexity index is 1550. The number of rotatable bonds is 72. The van der Waals surface area contributed by atoms with Gasteiger partial charge in [0.05, 0.1) is 160 Å². The molecule has 1 heterocycles. The van der Waals surface area contributed by atoms with Crippen LogP contribution in [0.2, 0.25) is 0 Å². The normalized spacial score (nSPS) is 13.2. The van der Waals surface area contributed by atoms with E-state index in [1.807, 2.05) is 6.92 Å². The molecule has 0 spiro atoms. The van der Waals surface area contributed by atoms with Gasteiger partial charge in [-0.3, -0.25) is 0 Å². The van der Waals surface area contributed by atoms with Crippen molar-refractivity contribution in [1.82, 2.24) is 0 Å². The molecule has 1 rings (SSSR count). The molecule has 0 amide bonds. The van der Waals surface area contributed by atoms with Gasteiger partial charge in [-0.15, -0.1) is 0 Å². The van der Waals surface area contributed by atoms with E-state index in [2.05, 4.69) is 139 Å². The number of aliphatic hydroxyl groups excluding tert-OH is 1. The van der Waals surface area contributed by atoms with E-state index >= 15 is 0 Å². The molecule has 0 aromatic heterocycles. The Morgan fingerprint density at radius 1 is 0.257 bits per heavy atom. The van der Waals surface area contributed by atoms with Crippen LogP contribution in [-0.2, 0) is 14.2 Å². The van der Waals surface area contributed by atoms with Crippen LogP contribution in [0.3, 0.4) is 0 Å². The van der Waals surface area contributed by atoms with Gasteiger partial charge < -0.3 is 41.7 Å². The second-order valence-corrected chi connectivity index (χ2v) is 40.3. The predicted molar refractivity (Wildman–Crippen MR) is 482 cm³/mol. The van der Waals surface area contributed by atoms with Crippen molar-refractivity contribution in [1.29, 1.82) is 0 Å². The van der Waals surface area contributed by atoms with E-state index in [-0.39, 0.29) is 0 Å². The van der Waals surface area contributed by atoms with Gasteiger partial charge in [-0.25, -0.2) is 0 Å². The highest BCUT2D eigenvalue weighted by atomic mass is 31.2. The minimum Gasteiger partial charge on any atom is -0.391 e. The molecule has 0 aromatic carbocycles. The van der Waals surface area contributed by atoms with Gasteiger partial charge in [-0.1, -0.05) is 262 Å². The van der Waals surface area contributed by atoms with Crippen LogP contribution >= 0.6 is 7.26 Å². The van der Waals surface area contributed by atoms with Crippen molar-refractivity contribution < 1.29 is 41.7 Å². The van der Waals surface area contributed by atoms with E-state index in [1.54, 1.807) is 50.3 Å². The molecule has 0 aromatic rings. The summed E-state index contributed by atoms with van der Waals surface area (Å²) in [7, 11) is 17.4. The first-order chi connectivity index (χ1) is 50.6. The first-order valence-electron chi connectivity index (χ1n) is 47.9. The molecule has 1 aliphatic rings. The monoisotopic (exact) mass is 1520 g/mol. The molecule has 0 unspecified atom stereocenters. The van der Waals surface area contributed by atoms with Gasteiger partial charge in [0.1, 0.15) is 26.2 Å². The molecule has 1 saturated heterocycles. The lowest BCUT2D eigenvalue weighted by Crippen LogP contribution is -2.51. The van der Waals surface area contributed by atoms with Crippen LogP contribution in [0, 0.1) is 0 Å². The van der Waals surface area contributed by atoms with Gasteiger partial charge in [0.25, 0.3) is 0 Å². The van der Waals surface area contributed by atoms with E-state index in [1.165, 1.54) is 359 Å². The van der Waals surface area contributed by atoms with Crippen molar-refractivity contribution in [2.75, 3.05) is 206 Å². The molecular weight excluding hydrogens is 1310 g/mol. The van der Waals surface area contributed by atoms with Crippen molar-refractivity contribution in [3.8, 4) is 0 Å². The molecular formula is C95H212N5O4P+6. The molecule has 9 nitrogen and oxygen atoms in total. The summed E-state index contributed by atoms with van der Waals surface area (Å²) in [5.74, 6) is 0. The first kappa shape index (κ1) is 114. The summed E-state index contributed by atoms with van der Waals surface area (Å²) in [5.41, 5.74) is 0. The van der Waals surface area contributed by atoms with E-state index < -0.39 is 7.26 Å². The maximum Gasteiger partial charge on any atom is 0.102 e. The number of likely N-dealkylation sites (N-methyl/N-ethyl adjacent to an activating group) is 4. The zero-order valence-electron chi connectivity index (χ0n) is 77.7. The molecule has 10 heteroatoms. The number of unbranched alkanes of at least 4 members (excludes halogenated alkanes) is 38. The maximum absolute atomic E-state index is 8.79. The topological polar surface area (TPSA) is 47.9 Å². The summed E-state index contributed by atoms with van der Waals surface area (Å²) in [5, 5.41) is 8.79. The zero-order chi connectivity index (χ0) is 79.4. The van der Waals surface area contributed by atoms with Crippen molar-refractivity contribution in [3.05, 3.63) is 0 Å². The summed E-state index contributed by atoms with van der Waals surface area (Å²) in [6.07, 6.45) is 79.0. The second-order valence-electron chi connectivity index (χ2n) is 35.8. The van der Waals surface area contributed by atoms with Crippen LogP contribution in [0.4, 0.5) is 0 Å².